The van der Waals surface area contributed by atoms with Gasteiger partial charge in [0.25, 0.3) is 0 Å². The summed E-state index contributed by atoms with van der Waals surface area (Å²) < 4.78 is 83.8. The number of nitrogens with one attached hydrogen (secondary N) is 1. The smallest absolute Gasteiger partial charge is 0.417 e. The molecule has 0 aliphatic rings. The van der Waals surface area contributed by atoms with Crippen LogP contribution in [0.5, 0.6) is 5.75 Å². The number of likely N-dealkylation sites (N-methyl/N-ethyl adjacent to an activating group) is 1. The molecule has 1 N–H and O–H groups in total. The zero-order chi connectivity index (χ0) is 22.7. The van der Waals surface area contributed by atoms with Crippen molar-refractivity contribution in [1.82, 2.24) is 4.31 Å². The van der Waals surface area contributed by atoms with E-state index in [1.54, 1.807) is 0 Å². The number of benzene rings is 2. The van der Waals surface area contributed by atoms with Gasteiger partial charge < -0.3 is 10.1 Å². The summed E-state index contributed by atoms with van der Waals surface area (Å²) in [5.74, 6) is -1.84. The van der Waals surface area contributed by atoms with E-state index in [2.05, 4.69) is 5.32 Å². The van der Waals surface area contributed by atoms with E-state index in [1.807, 2.05) is 0 Å². The van der Waals surface area contributed by atoms with Gasteiger partial charge in [-0.3, -0.25) is 4.79 Å². The van der Waals surface area contributed by atoms with E-state index in [0.717, 1.165) is 34.6 Å². The van der Waals surface area contributed by atoms with Gasteiger partial charge in [0.2, 0.25) is 15.9 Å². The maximum absolute atomic E-state index is 13.6. The average Bonchev–Trinajstić information content (AvgIpc) is 2.66. The lowest BCUT2D eigenvalue weighted by molar-refractivity contribution is -0.137. The van der Waals surface area contributed by atoms with Crippen LogP contribution in [0.1, 0.15) is 12.5 Å². The van der Waals surface area contributed by atoms with Crippen molar-refractivity contribution in [2.45, 2.75) is 18.0 Å². The Bertz CT molecular complexity index is 1040. The molecule has 0 fully saturated rings. The first kappa shape index (κ1) is 23.9. The van der Waals surface area contributed by atoms with E-state index in [-0.39, 0.29) is 18.0 Å². The number of anilines is 1. The molecule has 0 aliphatic heterocycles. The van der Waals surface area contributed by atoms with E-state index < -0.39 is 50.0 Å². The Morgan fingerprint density at radius 1 is 1.20 bits per heavy atom. The van der Waals surface area contributed by atoms with Gasteiger partial charge in [-0.1, -0.05) is 18.5 Å². The topological polar surface area (TPSA) is 75.7 Å². The third-order valence-corrected chi connectivity index (χ3v) is 6.24. The first-order chi connectivity index (χ1) is 13.9. The van der Waals surface area contributed by atoms with Crippen molar-refractivity contribution >= 4 is 33.2 Å². The third-order valence-electron chi connectivity index (χ3n) is 3.97. The van der Waals surface area contributed by atoms with Crippen LogP contribution >= 0.6 is 11.6 Å². The Hall–Kier alpha value is -2.37. The largest absolute Gasteiger partial charge is 0.495 e. The fourth-order valence-corrected chi connectivity index (χ4v) is 4.34. The van der Waals surface area contributed by atoms with Crippen LogP contribution < -0.4 is 10.1 Å². The molecule has 0 radical (unpaired) electrons. The zero-order valence-corrected chi connectivity index (χ0v) is 17.3. The number of sulfonamides is 1. The van der Waals surface area contributed by atoms with E-state index in [0.29, 0.717) is 6.07 Å². The summed E-state index contributed by atoms with van der Waals surface area (Å²) in [6, 6.07) is 5.65. The molecule has 0 heterocycles. The van der Waals surface area contributed by atoms with Crippen molar-refractivity contribution in [3.05, 3.63) is 52.8 Å². The number of methoxy groups -OCH3 is 1. The molecule has 0 aromatic heterocycles. The molecule has 1 amide bonds. The molecule has 164 valence electrons. The maximum Gasteiger partial charge on any atom is 0.417 e. The Morgan fingerprint density at radius 2 is 1.87 bits per heavy atom. The second-order valence-electron chi connectivity index (χ2n) is 5.97. The summed E-state index contributed by atoms with van der Waals surface area (Å²) in [6.07, 6.45) is -4.73. The van der Waals surface area contributed by atoms with Crippen molar-refractivity contribution in [2.75, 3.05) is 25.5 Å². The maximum atomic E-state index is 13.6. The minimum Gasteiger partial charge on any atom is -0.495 e. The monoisotopic (exact) mass is 468 g/mol. The molecule has 2 aromatic carbocycles. The number of hydrogen-bond donors (Lipinski definition) is 1. The zero-order valence-electron chi connectivity index (χ0n) is 15.8. The molecule has 30 heavy (non-hydrogen) atoms. The van der Waals surface area contributed by atoms with Gasteiger partial charge in [-0.2, -0.15) is 17.5 Å². The Morgan fingerprint density at radius 3 is 2.43 bits per heavy atom. The van der Waals surface area contributed by atoms with Crippen LogP contribution in [-0.2, 0) is 21.0 Å². The highest BCUT2D eigenvalue weighted by Gasteiger charge is 2.34. The number of halogens is 5. The van der Waals surface area contributed by atoms with Gasteiger partial charge in [0.15, 0.2) is 0 Å². The molecule has 0 saturated carbocycles. The summed E-state index contributed by atoms with van der Waals surface area (Å²) in [5.41, 5.74) is -1.36. The first-order valence-corrected chi connectivity index (χ1v) is 10.2. The normalized spacial score (nSPS) is 12.1. The summed E-state index contributed by atoms with van der Waals surface area (Å²) in [7, 11) is -3.13. The van der Waals surface area contributed by atoms with Crippen LogP contribution in [0.4, 0.5) is 23.2 Å². The molecule has 6 nitrogen and oxygen atoms in total. The highest BCUT2D eigenvalue weighted by molar-refractivity contribution is 7.89. The molecular weight excluding hydrogens is 452 g/mol. The van der Waals surface area contributed by atoms with Crippen LogP contribution in [0, 0.1) is 5.82 Å². The Kier molecular flexibility index (Phi) is 7.32. The first-order valence-electron chi connectivity index (χ1n) is 8.40. The van der Waals surface area contributed by atoms with Crippen LogP contribution in [0.15, 0.2) is 41.3 Å². The second kappa shape index (κ2) is 9.19. The number of carbonyl (C=O) groups is 1. The van der Waals surface area contributed by atoms with Crippen molar-refractivity contribution in [3.63, 3.8) is 0 Å². The predicted molar refractivity (Wildman–Crippen MR) is 102 cm³/mol. The van der Waals surface area contributed by atoms with Gasteiger partial charge in [0.1, 0.15) is 16.5 Å². The number of carbonyl (C=O) groups excluding carboxylic acids is 1. The number of rotatable bonds is 7. The minimum absolute atomic E-state index is 0.122. The number of amides is 1. The molecule has 0 bridgehead atoms. The van der Waals surface area contributed by atoms with Crippen LogP contribution in [0.25, 0.3) is 0 Å². The number of hydrogen-bond acceptors (Lipinski definition) is 4. The SMILES string of the molecule is CCN(CC(=O)Nc1ccc(Cl)c(C(F)(F)F)c1)S(=O)(=O)c1cc(F)ccc1OC. The lowest BCUT2D eigenvalue weighted by Gasteiger charge is -2.21. The van der Waals surface area contributed by atoms with Crippen molar-refractivity contribution < 1.29 is 35.5 Å². The molecule has 2 rings (SSSR count). The van der Waals surface area contributed by atoms with Crippen molar-refractivity contribution in [2.24, 2.45) is 0 Å². The number of alkyl halides is 3. The van der Waals surface area contributed by atoms with Gasteiger partial charge in [-0.25, -0.2) is 12.8 Å². The molecule has 0 spiro atoms. The van der Waals surface area contributed by atoms with Gasteiger partial charge >= 0.3 is 6.18 Å². The van der Waals surface area contributed by atoms with Crippen LogP contribution in [0.3, 0.4) is 0 Å². The summed E-state index contributed by atoms with van der Waals surface area (Å²) in [6.45, 7) is 0.562. The van der Waals surface area contributed by atoms with Crippen LogP contribution in [0.2, 0.25) is 5.02 Å². The van der Waals surface area contributed by atoms with Crippen LogP contribution in [-0.4, -0.2) is 38.8 Å². The molecule has 0 aliphatic carbocycles. The molecular formula is C18H17ClF4N2O4S. The molecule has 12 heteroatoms. The Labute approximate surface area is 175 Å². The average molecular weight is 469 g/mol. The second-order valence-corrected chi connectivity index (χ2v) is 8.28. The van der Waals surface area contributed by atoms with E-state index >= 15 is 0 Å². The highest BCUT2D eigenvalue weighted by Crippen LogP contribution is 2.36. The summed E-state index contributed by atoms with van der Waals surface area (Å²) >= 11 is 5.53. The molecule has 0 unspecified atom stereocenters. The summed E-state index contributed by atoms with van der Waals surface area (Å²) in [5, 5.41) is 1.66. The van der Waals surface area contributed by atoms with E-state index in [9.17, 15) is 30.8 Å². The highest BCUT2D eigenvalue weighted by atomic mass is 35.5. The molecule has 0 saturated heterocycles. The quantitative estimate of drug-likeness (QED) is 0.619. The van der Waals surface area contributed by atoms with Gasteiger partial charge in [-0.15, -0.1) is 0 Å². The lowest BCUT2D eigenvalue weighted by Crippen LogP contribution is -2.38. The molecule has 2 aromatic rings. The summed E-state index contributed by atoms with van der Waals surface area (Å²) in [4.78, 5) is 11.8. The molecule has 0 atom stereocenters. The van der Waals surface area contributed by atoms with Crippen molar-refractivity contribution in [1.29, 1.82) is 0 Å². The fourth-order valence-electron chi connectivity index (χ4n) is 2.54. The van der Waals surface area contributed by atoms with E-state index in [1.165, 1.54) is 14.0 Å². The van der Waals surface area contributed by atoms with Gasteiger partial charge in [-0.05, 0) is 36.4 Å². The van der Waals surface area contributed by atoms with E-state index in [4.69, 9.17) is 16.3 Å². The predicted octanol–water partition coefficient (Wildman–Crippen LogP) is 4.16. The fraction of sp³-hybridized carbons (Fsp3) is 0.278. The van der Waals surface area contributed by atoms with Gasteiger partial charge in [0.05, 0.1) is 24.2 Å². The Balaban J connectivity index is 2.26. The lowest BCUT2D eigenvalue weighted by atomic mass is 10.2. The third kappa shape index (κ3) is 5.41. The van der Waals surface area contributed by atoms with Crippen molar-refractivity contribution in [3.8, 4) is 5.75 Å². The number of nitrogens with zero attached hydrogens (tertiary/aromatic N) is 1. The number of ether oxygens (including phenoxy) is 1. The standard InChI is InChI=1S/C18H17ClF4N2O4S/c1-3-25(30(27,28)16-8-11(20)4-7-15(16)29-2)10-17(26)24-12-5-6-14(19)13(9-12)18(21,22)23/h4-9H,3,10H2,1-2H3,(H,24,26). The minimum atomic E-state index is -4.73. The van der Waals surface area contributed by atoms with Gasteiger partial charge in [0, 0.05) is 12.2 Å².